The Bertz CT molecular complexity index is 1320. The molecule has 1 fully saturated rings. The quantitative estimate of drug-likeness (QED) is 0.102. The first-order chi connectivity index (χ1) is 17.4. The number of para-hydroxylation sites is 1. The zero-order chi connectivity index (χ0) is 25.7. The Morgan fingerprint density at radius 1 is 1.17 bits per heavy atom. The highest BCUT2D eigenvalue weighted by Gasteiger charge is 2.32. The fourth-order valence-electron chi connectivity index (χ4n) is 3.94. The molecule has 186 valence electrons. The molecule has 2 aromatic carbocycles. The molecule has 8 nitrogen and oxygen atoms in total. The molecule has 0 unspecified atom stereocenters. The van der Waals surface area contributed by atoms with Crippen molar-refractivity contribution in [1.29, 1.82) is 0 Å². The average molecular weight is 523 g/mol. The van der Waals surface area contributed by atoms with Crippen LogP contribution in [0.25, 0.3) is 23.0 Å². The number of carbonyl (C=O) groups is 1. The summed E-state index contributed by atoms with van der Waals surface area (Å²) in [7, 11) is 1.39. The van der Waals surface area contributed by atoms with Crippen molar-refractivity contribution in [2.75, 3.05) is 13.7 Å². The Hall–Kier alpha value is -3.50. The van der Waals surface area contributed by atoms with Crippen LogP contribution in [-0.4, -0.2) is 43.5 Å². The number of methoxy groups -OCH3 is 1. The van der Waals surface area contributed by atoms with Crippen LogP contribution < -0.4 is 4.74 Å². The van der Waals surface area contributed by atoms with Crippen LogP contribution in [0, 0.1) is 10.1 Å². The molecule has 1 saturated heterocycles. The minimum absolute atomic E-state index is 0.124. The molecule has 10 heteroatoms. The van der Waals surface area contributed by atoms with Gasteiger partial charge in [-0.3, -0.25) is 19.8 Å². The van der Waals surface area contributed by atoms with Crippen LogP contribution >= 0.6 is 24.0 Å². The number of carbonyl (C=O) groups excluding carboxylic acids is 1. The molecule has 0 spiro atoms. The van der Waals surface area contributed by atoms with Crippen molar-refractivity contribution < 1.29 is 14.5 Å². The number of rotatable bonds is 10. The third kappa shape index (κ3) is 5.50. The zero-order valence-electron chi connectivity index (χ0n) is 20.0. The van der Waals surface area contributed by atoms with Crippen molar-refractivity contribution in [3.8, 4) is 22.7 Å². The van der Waals surface area contributed by atoms with Gasteiger partial charge in [0.1, 0.15) is 10.0 Å². The number of ether oxygens (including phenoxy) is 1. The lowest BCUT2D eigenvalue weighted by Crippen LogP contribution is -2.29. The van der Waals surface area contributed by atoms with Gasteiger partial charge in [-0.25, -0.2) is 4.68 Å². The molecule has 1 aliphatic heterocycles. The van der Waals surface area contributed by atoms with Crippen molar-refractivity contribution in [2.24, 2.45) is 0 Å². The number of thioether (sulfide) groups is 1. The molecule has 1 aliphatic rings. The summed E-state index contributed by atoms with van der Waals surface area (Å²) in [4.78, 5) is 26.4. The van der Waals surface area contributed by atoms with Gasteiger partial charge in [0.15, 0.2) is 5.75 Å². The predicted molar refractivity (Wildman–Crippen MR) is 146 cm³/mol. The molecule has 0 radical (unpaired) electrons. The third-order valence-corrected chi connectivity index (χ3v) is 7.19. The van der Waals surface area contributed by atoms with Gasteiger partial charge < -0.3 is 4.74 Å². The molecule has 2 heterocycles. The van der Waals surface area contributed by atoms with Gasteiger partial charge in [-0.15, -0.1) is 0 Å². The Balaban J connectivity index is 1.74. The highest BCUT2D eigenvalue weighted by atomic mass is 32.2. The first-order valence-electron chi connectivity index (χ1n) is 11.7. The average Bonchev–Trinajstić information content (AvgIpc) is 3.42. The predicted octanol–water partition coefficient (Wildman–Crippen LogP) is 6.24. The lowest BCUT2D eigenvalue weighted by atomic mass is 10.1. The molecule has 4 rings (SSSR count). The monoisotopic (exact) mass is 522 g/mol. The number of aromatic nitrogens is 2. The second-order valence-corrected chi connectivity index (χ2v) is 9.93. The van der Waals surface area contributed by atoms with Crippen molar-refractivity contribution >= 4 is 46.0 Å². The number of thiocarbonyl (C=S) groups is 1. The fraction of sp³-hybridized carbons (Fsp3) is 0.269. The highest BCUT2D eigenvalue weighted by Crippen LogP contribution is 2.37. The second-order valence-electron chi connectivity index (χ2n) is 8.25. The molecular weight excluding hydrogens is 496 g/mol. The summed E-state index contributed by atoms with van der Waals surface area (Å²) in [5, 5.41) is 16.3. The molecular formula is C26H26N4O4S2. The van der Waals surface area contributed by atoms with E-state index in [2.05, 4.69) is 6.92 Å². The minimum Gasteiger partial charge on any atom is -0.490 e. The summed E-state index contributed by atoms with van der Waals surface area (Å²) >= 11 is 6.76. The molecule has 3 aromatic rings. The van der Waals surface area contributed by atoms with Crippen LogP contribution in [0.1, 0.15) is 38.2 Å². The molecule has 36 heavy (non-hydrogen) atoms. The van der Waals surface area contributed by atoms with Crippen molar-refractivity contribution in [3.05, 3.63) is 75.3 Å². The van der Waals surface area contributed by atoms with Crippen LogP contribution in [0.15, 0.2) is 59.6 Å². The number of amides is 1. The first kappa shape index (κ1) is 25.6. The van der Waals surface area contributed by atoms with Gasteiger partial charge in [0.2, 0.25) is 0 Å². The normalized spacial score (nSPS) is 14.6. The van der Waals surface area contributed by atoms with E-state index in [1.165, 1.54) is 24.9 Å². The van der Waals surface area contributed by atoms with E-state index in [0.717, 1.165) is 31.4 Å². The van der Waals surface area contributed by atoms with Crippen LogP contribution in [0.2, 0.25) is 0 Å². The van der Waals surface area contributed by atoms with Gasteiger partial charge in [0.25, 0.3) is 5.91 Å². The Morgan fingerprint density at radius 3 is 2.64 bits per heavy atom. The highest BCUT2D eigenvalue weighted by molar-refractivity contribution is 8.26. The van der Waals surface area contributed by atoms with Gasteiger partial charge in [-0.05, 0) is 36.8 Å². The number of nitro groups is 1. The van der Waals surface area contributed by atoms with E-state index in [1.54, 1.807) is 27.8 Å². The Morgan fingerprint density at radius 2 is 1.94 bits per heavy atom. The second kappa shape index (κ2) is 11.5. The van der Waals surface area contributed by atoms with Gasteiger partial charge in [-0.1, -0.05) is 68.4 Å². The first-order valence-corrected chi connectivity index (χ1v) is 12.9. The number of nitro benzene ring substituents is 1. The maximum Gasteiger partial charge on any atom is 0.311 e. The number of benzene rings is 2. The number of unbranched alkanes of at least 4 members (excludes halogenated alkanes) is 3. The van der Waals surface area contributed by atoms with Gasteiger partial charge in [-0.2, -0.15) is 5.10 Å². The van der Waals surface area contributed by atoms with Crippen molar-refractivity contribution in [2.45, 2.75) is 32.6 Å². The standard InChI is InChI=1S/C26H26N4O4S2/c1-3-4-5-9-14-28-25(31)23(36-26(28)35)16-19-17-29(20-10-7-6-8-11-20)27-24(19)18-12-13-22(34-2)21(15-18)30(32)33/h6-8,10-13,15-17H,3-5,9,14H2,1-2H3/b23-16+. The van der Waals surface area contributed by atoms with Crippen LogP contribution in [0.4, 0.5) is 5.69 Å². The number of hydrogen-bond donors (Lipinski definition) is 0. The Kier molecular flexibility index (Phi) is 8.17. The Labute approximate surface area is 219 Å². The molecule has 0 saturated carbocycles. The van der Waals surface area contributed by atoms with Crippen molar-refractivity contribution in [1.82, 2.24) is 14.7 Å². The molecule has 0 bridgehead atoms. The topological polar surface area (TPSA) is 90.5 Å². The van der Waals surface area contributed by atoms with Crippen LogP contribution in [0.5, 0.6) is 5.75 Å². The summed E-state index contributed by atoms with van der Waals surface area (Å²) in [6.45, 7) is 2.75. The van der Waals surface area contributed by atoms with E-state index in [1.807, 2.05) is 36.5 Å². The molecule has 0 N–H and O–H groups in total. The molecule has 0 aliphatic carbocycles. The van der Waals surface area contributed by atoms with Crippen LogP contribution in [-0.2, 0) is 4.79 Å². The largest absolute Gasteiger partial charge is 0.490 e. The smallest absolute Gasteiger partial charge is 0.311 e. The summed E-state index contributed by atoms with van der Waals surface area (Å²) in [6.07, 6.45) is 7.78. The minimum atomic E-state index is -0.486. The lowest BCUT2D eigenvalue weighted by molar-refractivity contribution is -0.385. The summed E-state index contributed by atoms with van der Waals surface area (Å²) < 4.78 is 7.39. The summed E-state index contributed by atoms with van der Waals surface area (Å²) in [5.74, 6) is 0.0392. The SMILES string of the molecule is CCCCCCN1C(=O)/C(=C\c2cn(-c3ccccc3)nc2-c2ccc(OC)c([N+](=O)[O-])c2)SC1=S. The van der Waals surface area contributed by atoms with E-state index in [4.69, 9.17) is 22.1 Å². The van der Waals surface area contributed by atoms with Crippen molar-refractivity contribution in [3.63, 3.8) is 0 Å². The lowest BCUT2D eigenvalue weighted by Gasteiger charge is -2.13. The van der Waals surface area contributed by atoms with Crippen LogP contribution in [0.3, 0.4) is 0 Å². The van der Waals surface area contributed by atoms with E-state index >= 15 is 0 Å². The third-order valence-electron chi connectivity index (χ3n) is 5.81. The zero-order valence-corrected chi connectivity index (χ0v) is 21.7. The molecule has 1 aromatic heterocycles. The van der Waals surface area contributed by atoms with Gasteiger partial charge >= 0.3 is 5.69 Å². The fourth-order valence-corrected chi connectivity index (χ4v) is 5.24. The van der Waals surface area contributed by atoms with E-state index in [9.17, 15) is 14.9 Å². The van der Waals surface area contributed by atoms with Gasteiger partial charge in [0.05, 0.1) is 22.6 Å². The molecule has 0 atom stereocenters. The number of hydrogen-bond acceptors (Lipinski definition) is 7. The maximum atomic E-state index is 13.2. The summed E-state index contributed by atoms with van der Waals surface area (Å²) in [5.41, 5.74) is 2.37. The maximum absolute atomic E-state index is 13.2. The molecule has 1 amide bonds. The summed E-state index contributed by atoms with van der Waals surface area (Å²) in [6, 6.07) is 14.2. The number of nitrogens with zero attached hydrogens (tertiary/aromatic N) is 4. The van der Waals surface area contributed by atoms with E-state index < -0.39 is 4.92 Å². The van der Waals surface area contributed by atoms with E-state index in [0.29, 0.717) is 32.6 Å². The van der Waals surface area contributed by atoms with E-state index in [-0.39, 0.29) is 17.3 Å². The van der Waals surface area contributed by atoms with Gasteiger partial charge in [0, 0.05) is 29.9 Å².